The van der Waals surface area contributed by atoms with Crippen LogP contribution >= 0.6 is 23.2 Å². The van der Waals surface area contributed by atoms with Crippen molar-refractivity contribution in [1.82, 2.24) is 9.55 Å². The molecule has 0 spiro atoms. The summed E-state index contributed by atoms with van der Waals surface area (Å²) in [5, 5.41) is 1.26. The first-order chi connectivity index (χ1) is 9.11. The van der Waals surface area contributed by atoms with E-state index >= 15 is 0 Å². The number of rotatable bonds is 3. The Kier molecular flexibility index (Phi) is 3.19. The van der Waals surface area contributed by atoms with E-state index in [1.165, 1.54) is 12.8 Å². The van der Waals surface area contributed by atoms with Gasteiger partial charge in [0.25, 0.3) is 0 Å². The third-order valence-electron chi connectivity index (χ3n) is 3.43. The average molecular weight is 296 g/mol. The van der Waals surface area contributed by atoms with Gasteiger partial charge in [-0.25, -0.2) is 4.98 Å². The SMILES string of the molecule is CCc1nc(-c2cc(Cl)ccc2Cl)c(N)n1C1CC1. The number of nitrogens with two attached hydrogens (primary N) is 1. The Morgan fingerprint density at radius 1 is 1.37 bits per heavy atom. The summed E-state index contributed by atoms with van der Waals surface area (Å²) in [6.07, 6.45) is 3.21. The van der Waals surface area contributed by atoms with E-state index in [2.05, 4.69) is 16.5 Å². The molecule has 19 heavy (non-hydrogen) atoms. The number of benzene rings is 1. The molecule has 1 aliphatic rings. The summed E-state index contributed by atoms with van der Waals surface area (Å²) < 4.78 is 2.15. The van der Waals surface area contributed by atoms with E-state index in [1.54, 1.807) is 12.1 Å². The van der Waals surface area contributed by atoms with E-state index in [-0.39, 0.29) is 0 Å². The van der Waals surface area contributed by atoms with Crippen molar-refractivity contribution in [3.8, 4) is 11.3 Å². The van der Waals surface area contributed by atoms with Gasteiger partial charge in [-0.2, -0.15) is 0 Å². The molecule has 0 radical (unpaired) electrons. The molecule has 1 aromatic carbocycles. The highest BCUT2D eigenvalue weighted by atomic mass is 35.5. The predicted molar refractivity (Wildman–Crippen MR) is 79.7 cm³/mol. The lowest BCUT2D eigenvalue weighted by atomic mass is 10.1. The molecule has 100 valence electrons. The van der Waals surface area contributed by atoms with Crippen LogP contribution in [0.25, 0.3) is 11.3 Å². The van der Waals surface area contributed by atoms with Gasteiger partial charge in [0.2, 0.25) is 0 Å². The first-order valence-electron chi connectivity index (χ1n) is 6.43. The number of aryl methyl sites for hydroxylation is 1. The molecule has 1 aromatic heterocycles. The van der Waals surface area contributed by atoms with Crippen molar-refractivity contribution in [1.29, 1.82) is 0 Å². The highest BCUT2D eigenvalue weighted by molar-refractivity contribution is 6.35. The van der Waals surface area contributed by atoms with Crippen molar-refractivity contribution in [2.45, 2.75) is 32.2 Å². The largest absolute Gasteiger partial charge is 0.383 e. The molecule has 0 amide bonds. The predicted octanol–water partition coefficient (Wildman–Crippen LogP) is 4.34. The number of halogens is 2. The Morgan fingerprint density at radius 2 is 2.11 bits per heavy atom. The van der Waals surface area contributed by atoms with E-state index in [9.17, 15) is 0 Å². The van der Waals surface area contributed by atoms with Crippen LogP contribution in [0.15, 0.2) is 18.2 Å². The molecule has 0 saturated heterocycles. The molecule has 5 heteroatoms. The number of aromatic nitrogens is 2. The molecule has 0 atom stereocenters. The molecule has 3 rings (SSSR count). The van der Waals surface area contributed by atoms with Crippen molar-refractivity contribution in [3.05, 3.63) is 34.1 Å². The second kappa shape index (κ2) is 4.73. The minimum atomic E-state index is 0.508. The van der Waals surface area contributed by atoms with E-state index in [4.69, 9.17) is 28.9 Å². The van der Waals surface area contributed by atoms with Crippen molar-refractivity contribution in [3.63, 3.8) is 0 Å². The molecule has 1 fully saturated rings. The van der Waals surface area contributed by atoms with Crippen molar-refractivity contribution in [2.24, 2.45) is 0 Å². The van der Waals surface area contributed by atoms with Crippen LogP contribution < -0.4 is 5.73 Å². The zero-order valence-electron chi connectivity index (χ0n) is 10.7. The lowest BCUT2D eigenvalue weighted by molar-refractivity contribution is 0.696. The Labute approximate surface area is 122 Å². The number of anilines is 1. The molecule has 3 nitrogen and oxygen atoms in total. The summed E-state index contributed by atoms with van der Waals surface area (Å²) in [7, 11) is 0. The molecule has 2 N–H and O–H groups in total. The second-order valence-electron chi connectivity index (χ2n) is 4.84. The van der Waals surface area contributed by atoms with Gasteiger partial charge in [0.15, 0.2) is 0 Å². The van der Waals surface area contributed by atoms with Gasteiger partial charge in [0, 0.05) is 23.0 Å². The van der Waals surface area contributed by atoms with Gasteiger partial charge in [0.1, 0.15) is 17.3 Å². The molecule has 0 unspecified atom stereocenters. The summed E-state index contributed by atoms with van der Waals surface area (Å²) in [5.74, 6) is 1.72. The zero-order chi connectivity index (χ0) is 13.6. The van der Waals surface area contributed by atoms with Crippen molar-refractivity contribution < 1.29 is 0 Å². The van der Waals surface area contributed by atoms with Gasteiger partial charge in [-0.15, -0.1) is 0 Å². The van der Waals surface area contributed by atoms with E-state index < -0.39 is 0 Å². The summed E-state index contributed by atoms with van der Waals surface area (Å²) in [4.78, 5) is 4.66. The van der Waals surface area contributed by atoms with E-state index in [0.717, 1.165) is 23.5 Å². The fraction of sp³-hybridized carbons (Fsp3) is 0.357. The minimum absolute atomic E-state index is 0.508. The standard InChI is InChI=1S/C14H15Cl2N3/c1-2-12-18-13(14(17)19(12)9-4-5-9)10-7-8(15)3-6-11(10)16/h3,6-7,9H,2,4-5,17H2,1H3. The molecular formula is C14H15Cl2N3. The molecular weight excluding hydrogens is 281 g/mol. The van der Waals surface area contributed by atoms with Crippen LogP contribution in [0, 0.1) is 0 Å². The van der Waals surface area contributed by atoms with Crippen LogP contribution in [0.4, 0.5) is 5.82 Å². The van der Waals surface area contributed by atoms with Gasteiger partial charge in [-0.3, -0.25) is 0 Å². The van der Waals surface area contributed by atoms with Gasteiger partial charge >= 0.3 is 0 Å². The van der Waals surface area contributed by atoms with E-state index in [1.807, 2.05) is 6.07 Å². The van der Waals surface area contributed by atoms with Crippen LogP contribution in [-0.4, -0.2) is 9.55 Å². The quantitative estimate of drug-likeness (QED) is 0.915. The smallest absolute Gasteiger partial charge is 0.132 e. The first kappa shape index (κ1) is 12.8. The Hall–Kier alpha value is -1.19. The number of nitrogens with zero attached hydrogens (tertiary/aromatic N) is 2. The first-order valence-corrected chi connectivity index (χ1v) is 7.19. The molecule has 1 aliphatic carbocycles. The van der Waals surface area contributed by atoms with Crippen LogP contribution in [-0.2, 0) is 6.42 Å². The normalized spacial score (nSPS) is 14.9. The summed E-state index contributed by atoms with van der Waals surface area (Å²) >= 11 is 12.3. The Bertz CT molecular complexity index is 630. The van der Waals surface area contributed by atoms with Crippen LogP contribution in [0.1, 0.15) is 31.6 Å². The maximum atomic E-state index is 6.27. The number of hydrogen-bond acceptors (Lipinski definition) is 2. The summed E-state index contributed by atoms with van der Waals surface area (Å²) in [6, 6.07) is 5.87. The summed E-state index contributed by atoms with van der Waals surface area (Å²) in [5.41, 5.74) is 7.82. The lowest BCUT2D eigenvalue weighted by Crippen LogP contribution is -2.04. The third kappa shape index (κ3) is 2.21. The topological polar surface area (TPSA) is 43.8 Å². The lowest BCUT2D eigenvalue weighted by Gasteiger charge is -2.07. The van der Waals surface area contributed by atoms with Gasteiger partial charge in [-0.05, 0) is 31.0 Å². The Morgan fingerprint density at radius 3 is 2.74 bits per heavy atom. The fourth-order valence-electron chi connectivity index (χ4n) is 2.36. The summed E-state index contributed by atoms with van der Waals surface area (Å²) in [6.45, 7) is 2.09. The fourth-order valence-corrected chi connectivity index (χ4v) is 2.74. The second-order valence-corrected chi connectivity index (χ2v) is 5.68. The highest BCUT2D eigenvalue weighted by Crippen LogP contribution is 2.42. The van der Waals surface area contributed by atoms with Crippen molar-refractivity contribution in [2.75, 3.05) is 5.73 Å². The number of hydrogen-bond donors (Lipinski definition) is 1. The van der Waals surface area contributed by atoms with E-state index in [0.29, 0.717) is 21.9 Å². The highest BCUT2D eigenvalue weighted by Gasteiger charge is 2.29. The average Bonchev–Trinajstić information content (AvgIpc) is 3.17. The van der Waals surface area contributed by atoms with Crippen molar-refractivity contribution >= 4 is 29.0 Å². The maximum absolute atomic E-state index is 6.27. The number of nitrogen functional groups attached to an aromatic ring is 1. The van der Waals surface area contributed by atoms with Crippen LogP contribution in [0.2, 0.25) is 10.0 Å². The van der Waals surface area contributed by atoms with Gasteiger partial charge in [-0.1, -0.05) is 30.1 Å². The third-order valence-corrected chi connectivity index (χ3v) is 4.00. The van der Waals surface area contributed by atoms with Gasteiger partial charge < -0.3 is 10.3 Å². The number of imidazole rings is 1. The molecule has 1 saturated carbocycles. The van der Waals surface area contributed by atoms with Crippen LogP contribution in [0.5, 0.6) is 0 Å². The Balaban J connectivity index is 2.17. The zero-order valence-corrected chi connectivity index (χ0v) is 12.2. The minimum Gasteiger partial charge on any atom is -0.383 e. The molecule has 0 bridgehead atoms. The van der Waals surface area contributed by atoms with Crippen LogP contribution in [0.3, 0.4) is 0 Å². The maximum Gasteiger partial charge on any atom is 0.132 e. The molecule has 2 aromatic rings. The monoisotopic (exact) mass is 295 g/mol. The molecule has 1 heterocycles. The van der Waals surface area contributed by atoms with Gasteiger partial charge in [0.05, 0.1) is 5.02 Å². The molecule has 0 aliphatic heterocycles.